The highest BCUT2D eigenvalue weighted by molar-refractivity contribution is 7.80. The average molecular weight is 376 g/mol. The molecule has 26 heavy (non-hydrogen) atoms. The lowest BCUT2D eigenvalue weighted by molar-refractivity contribution is 0.224. The second-order valence-corrected chi connectivity index (χ2v) is 7.86. The third-order valence-electron chi connectivity index (χ3n) is 5.22. The Morgan fingerprint density at radius 2 is 2.08 bits per heavy atom. The third-order valence-corrected chi connectivity index (χ3v) is 5.45. The number of imidazole rings is 1. The number of nitrogens with zero attached hydrogens (tertiary/aromatic N) is 4. The summed E-state index contributed by atoms with van der Waals surface area (Å²) in [7, 11) is 0. The van der Waals surface area contributed by atoms with E-state index in [4.69, 9.17) is 17.0 Å². The molecule has 2 atom stereocenters. The van der Waals surface area contributed by atoms with Crippen LogP contribution < -0.4 is 5.32 Å². The van der Waals surface area contributed by atoms with Crippen LogP contribution in [0.4, 0.5) is 0 Å². The smallest absolute Gasteiger partial charge is 0.256 e. The van der Waals surface area contributed by atoms with Crippen LogP contribution >= 0.6 is 12.2 Å². The zero-order chi connectivity index (χ0) is 18.4. The standard InChI is InChI=1S/C19H29N5OS/c1-14(11-25-19(26)23-16-6-4-3-5-7-16)8-9-15(2)24-13-22-17-10-20-12-21-18(17)24/h10,12-16H,3-9,11H2,1-2H3,(H,23,26)/t14-,15?/m0/s1. The van der Waals surface area contributed by atoms with Gasteiger partial charge >= 0.3 is 0 Å². The Bertz CT molecular complexity index is 713. The van der Waals surface area contributed by atoms with Crippen molar-refractivity contribution in [1.82, 2.24) is 24.8 Å². The van der Waals surface area contributed by atoms with Gasteiger partial charge in [0.2, 0.25) is 0 Å². The molecular weight excluding hydrogens is 346 g/mol. The third kappa shape index (κ3) is 5.13. The second-order valence-electron chi connectivity index (χ2n) is 7.49. The first-order valence-corrected chi connectivity index (χ1v) is 10.1. The predicted molar refractivity (Wildman–Crippen MR) is 107 cm³/mol. The lowest BCUT2D eigenvalue weighted by Gasteiger charge is -2.24. The van der Waals surface area contributed by atoms with Gasteiger partial charge in [0.1, 0.15) is 11.8 Å². The molecule has 1 aliphatic rings. The summed E-state index contributed by atoms with van der Waals surface area (Å²) in [5.41, 5.74) is 1.74. The van der Waals surface area contributed by atoms with Crippen molar-refractivity contribution in [3.8, 4) is 0 Å². The van der Waals surface area contributed by atoms with Crippen LogP contribution in [0.1, 0.15) is 64.8 Å². The Labute approximate surface area is 160 Å². The molecule has 0 bridgehead atoms. The van der Waals surface area contributed by atoms with Gasteiger partial charge in [0.25, 0.3) is 5.17 Å². The lowest BCUT2D eigenvalue weighted by Crippen LogP contribution is -2.37. The van der Waals surface area contributed by atoms with Crippen LogP contribution in [0.3, 0.4) is 0 Å². The van der Waals surface area contributed by atoms with Gasteiger partial charge in [-0.3, -0.25) is 0 Å². The average Bonchev–Trinajstić information content (AvgIpc) is 3.09. The Kier molecular flexibility index (Phi) is 6.77. The SMILES string of the molecule is CC(CC[C@H](C)COC(=S)NC1CCCCC1)n1cnc2cncnc21. The Morgan fingerprint density at radius 3 is 2.88 bits per heavy atom. The molecule has 0 aromatic carbocycles. The summed E-state index contributed by atoms with van der Waals surface area (Å²) in [5.74, 6) is 0.452. The van der Waals surface area contributed by atoms with Crippen LogP contribution in [0.2, 0.25) is 0 Å². The quantitative estimate of drug-likeness (QED) is 0.737. The van der Waals surface area contributed by atoms with Gasteiger partial charge in [-0.05, 0) is 50.7 Å². The molecule has 1 fully saturated rings. The highest BCUT2D eigenvalue weighted by atomic mass is 32.1. The van der Waals surface area contributed by atoms with Crippen LogP contribution in [0.25, 0.3) is 11.2 Å². The van der Waals surface area contributed by atoms with Gasteiger partial charge in [0, 0.05) is 12.1 Å². The van der Waals surface area contributed by atoms with Crippen molar-refractivity contribution in [3.63, 3.8) is 0 Å². The van der Waals surface area contributed by atoms with E-state index in [0.29, 0.717) is 29.8 Å². The van der Waals surface area contributed by atoms with E-state index < -0.39 is 0 Å². The number of ether oxygens (including phenoxy) is 1. The number of rotatable bonds is 7. The molecule has 2 heterocycles. The first kappa shape index (κ1) is 19.0. The number of fused-ring (bicyclic) bond motifs is 1. The summed E-state index contributed by atoms with van der Waals surface area (Å²) in [6.45, 7) is 5.08. The monoisotopic (exact) mass is 375 g/mol. The molecule has 2 aromatic heterocycles. The van der Waals surface area contributed by atoms with Crippen molar-refractivity contribution < 1.29 is 4.74 Å². The fourth-order valence-electron chi connectivity index (χ4n) is 3.53. The zero-order valence-electron chi connectivity index (χ0n) is 15.7. The maximum atomic E-state index is 5.78. The largest absolute Gasteiger partial charge is 0.471 e. The highest BCUT2D eigenvalue weighted by Crippen LogP contribution is 2.21. The first-order chi connectivity index (χ1) is 12.6. The molecule has 142 valence electrons. The molecule has 0 amide bonds. The Morgan fingerprint density at radius 1 is 1.27 bits per heavy atom. The second kappa shape index (κ2) is 9.26. The van der Waals surface area contributed by atoms with Crippen LogP contribution in [-0.4, -0.2) is 37.3 Å². The molecule has 0 spiro atoms. The summed E-state index contributed by atoms with van der Waals surface area (Å²) in [6, 6.07) is 0.841. The zero-order valence-corrected chi connectivity index (χ0v) is 16.5. The fourth-order valence-corrected chi connectivity index (χ4v) is 3.76. The molecule has 1 N–H and O–H groups in total. The van der Waals surface area contributed by atoms with Crippen LogP contribution in [-0.2, 0) is 4.74 Å². The van der Waals surface area contributed by atoms with E-state index in [0.717, 1.165) is 24.0 Å². The van der Waals surface area contributed by atoms with Crippen molar-refractivity contribution in [1.29, 1.82) is 0 Å². The number of aromatic nitrogens is 4. The molecule has 1 unspecified atom stereocenters. The minimum atomic E-state index is 0.338. The van der Waals surface area contributed by atoms with E-state index in [-0.39, 0.29) is 0 Å². The number of thiocarbonyl (C=S) groups is 1. The topological polar surface area (TPSA) is 64.9 Å². The lowest BCUT2D eigenvalue weighted by atomic mass is 9.96. The van der Waals surface area contributed by atoms with Gasteiger partial charge in [-0.25, -0.2) is 15.0 Å². The van der Waals surface area contributed by atoms with Crippen molar-refractivity contribution in [2.24, 2.45) is 5.92 Å². The van der Waals surface area contributed by atoms with Gasteiger partial charge in [-0.15, -0.1) is 0 Å². The highest BCUT2D eigenvalue weighted by Gasteiger charge is 2.16. The van der Waals surface area contributed by atoms with E-state index in [2.05, 4.69) is 38.7 Å². The summed E-state index contributed by atoms with van der Waals surface area (Å²) < 4.78 is 7.91. The van der Waals surface area contributed by atoms with Crippen LogP contribution in [0.5, 0.6) is 0 Å². The molecule has 0 saturated heterocycles. The number of nitrogens with one attached hydrogen (secondary N) is 1. The predicted octanol–water partition coefficient (Wildman–Crippen LogP) is 4.03. The van der Waals surface area contributed by atoms with E-state index in [1.807, 2.05) is 6.33 Å². The van der Waals surface area contributed by atoms with Crippen LogP contribution in [0, 0.1) is 5.92 Å². The Balaban J connectivity index is 1.39. The summed E-state index contributed by atoms with van der Waals surface area (Å²) in [4.78, 5) is 12.7. The first-order valence-electron chi connectivity index (χ1n) is 9.69. The summed E-state index contributed by atoms with van der Waals surface area (Å²) >= 11 is 5.35. The molecule has 1 saturated carbocycles. The molecule has 7 heteroatoms. The van der Waals surface area contributed by atoms with Crippen molar-refractivity contribution in [2.45, 2.75) is 70.9 Å². The van der Waals surface area contributed by atoms with Gasteiger partial charge in [-0.2, -0.15) is 0 Å². The van der Waals surface area contributed by atoms with Crippen molar-refractivity contribution in [3.05, 3.63) is 18.9 Å². The van der Waals surface area contributed by atoms with E-state index in [1.54, 1.807) is 12.5 Å². The number of hydrogen-bond donors (Lipinski definition) is 1. The van der Waals surface area contributed by atoms with Crippen molar-refractivity contribution in [2.75, 3.05) is 6.61 Å². The molecule has 0 radical (unpaired) electrons. The molecule has 1 aliphatic carbocycles. The molecular formula is C19H29N5OS. The molecule has 0 aliphatic heterocycles. The van der Waals surface area contributed by atoms with Gasteiger partial charge in [-0.1, -0.05) is 26.2 Å². The minimum Gasteiger partial charge on any atom is -0.471 e. The maximum Gasteiger partial charge on any atom is 0.256 e. The summed E-state index contributed by atoms with van der Waals surface area (Å²) in [5, 5.41) is 3.93. The van der Waals surface area contributed by atoms with Gasteiger partial charge in [0.15, 0.2) is 5.65 Å². The molecule has 2 aromatic rings. The Hall–Kier alpha value is -1.76. The molecule has 6 nitrogen and oxygen atoms in total. The van der Waals surface area contributed by atoms with Gasteiger partial charge < -0.3 is 14.6 Å². The minimum absolute atomic E-state index is 0.338. The van der Waals surface area contributed by atoms with Crippen molar-refractivity contribution >= 4 is 28.6 Å². The fraction of sp³-hybridized carbons (Fsp3) is 0.684. The van der Waals surface area contributed by atoms with E-state index >= 15 is 0 Å². The normalized spacial score (nSPS) is 17.8. The summed E-state index contributed by atoms with van der Waals surface area (Å²) in [6.07, 6.45) is 13.6. The number of hydrogen-bond acceptors (Lipinski definition) is 5. The van der Waals surface area contributed by atoms with E-state index in [1.165, 1.54) is 32.1 Å². The maximum absolute atomic E-state index is 5.78. The van der Waals surface area contributed by atoms with Crippen LogP contribution in [0.15, 0.2) is 18.9 Å². The van der Waals surface area contributed by atoms with E-state index in [9.17, 15) is 0 Å². The molecule has 3 rings (SSSR count). The van der Waals surface area contributed by atoms with Gasteiger partial charge in [0.05, 0.1) is 19.1 Å².